The number of β-lactam (4-membered cyclic amide) rings is 1. The van der Waals surface area contributed by atoms with Crippen molar-refractivity contribution in [2.24, 2.45) is 11.8 Å². The first-order chi connectivity index (χ1) is 20.8. The Labute approximate surface area is 258 Å². The van der Waals surface area contributed by atoms with Gasteiger partial charge in [0, 0.05) is 42.1 Å². The highest BCUT2D eigenvalue weighted by Crippen LogP contribution is 2.51. The quantitative estimate of drug-likeness (QED) is 0.0714. The molecule has 2 aromatic heterocycles. The molecule has 44 heavy (non-hydrogen) atoms. The number of carbonyl (C=O) groups excluding carboxylic acids is 2. The molecular weight excluding hydrogens is 641 g/mol. The monoisotopic (exact) mass is 666 g/mol. The Morgan fingerprint density at radius 1 is 1.30 bits per heavy atom. The molecule has 4 atom stereocenters. The van der Waals surface area contributed by atoms with Crippen molar-refractivity contribution < 1.29 is 42.7 Å². The van der Waals surface area contributed by atoms with Crippen LogP contribution in [0, 0.1) is 22.0 Å². The number of hydrogen-bond donors (Lipinski definition) is 4. The number of aromatic nitrogens is 2. The number of fused-ring (bicyclic) bond motifs is 2. The van der Waals surface area contributed by atoms with Crippen LogP contribution in [-0.4, -0.2) is 80.3 Å². The number of aliphatic carboxylic acids is 1. The summed E-state index contributed by atoms with van der Waals surface area (Å²) in [6.45, 7) is 2.98. The van der Waals surface area contributed by atoms with Crippen LogP contribution in [0.1, 0.15) is 24.3 Å². The number of aliphatic hydroxyl groups is 1. The zero-order valence-electron chi connectivity index (χ0n) is 23.1. The molecule has 2 aliphatic rings. The lowest BCUT2D eigenvalue weighted by atomic mass is 9.77. The Morgan fingerprint density at radius 2 is 2.00 bits per heavy atom. The van der Waals surface area contributed by atoms with Gasteiger partial charge in [0.25, 0.3) is 5.69 Å². The average molecular weight is 667 g/mol. The summed E-state index contributed by atoms with van der Waals surface area (Å²) in [6, 6.07) is 4.78. The number of carbonyl (C=O) groups is 3. The highest BCUT2D eigenvalue weighted by atomic mass is 32.2. The first-order valence-corrected chi connectivity index (χ1v) is 16.3. The van der Waals surface area contributed by atoms with Crippen molar-refractivity contribution in [2.45, 2.75) is 37.6 Å². The van der Waals surface area contributed by atoms with E-state index in [1.165, 1.54) is 59.2 Å². The number of nitrogens with one attached hydrogen (secondary N) is 2. The zero-order chi connectivity index (χ0) is 31.9. The second-order valence-electron chi connectivity index (χ2n) is 10.0. The lowest BCUT2D eigenvalue weighted by Crippen LogP contribution is -2.63. The molecule has 0 bridgehead atoms. The van der Waals surface area contributed by atoms with Gasteiger partial charge in [-0.15, -0.1) is 23.1 Å². The highest BCUT2D eigenvalue weighted by molar-refractivity contribution is 7.99. The third-order valence-electron chi connectivity index (χ3n) is 7.19. The summed E-state index contributed by atoms with van der Waals surface area (Å²) < 4.78 is 35.0. The fraction of sp³-hybridized carbons (Fsp3) is 0.360. The molecule has 1 aromatic carbocycles. The summed E-state index contributed by atoms with van der Waals surface area (Å²) in [4.78, 5) is 53.8. The second-order valence-corrected chi connectivity index (χ2v) is 13.6. The molecule has 0 radical (unpaired) electrons. The molecule has 5 rings (SSSR count). The molecule has 1 saturated heterocycles. The normalized spacial score (nSPS) is 20.4. The van der Waals surface area contributed by atoms with Gasteiger partial charge in [0.05, 0.1) is 27.9 Å². The maximum absolute atomic E-state index is 12.7. The highest BCUT2D eigenvalue weighted by Gasteiger charge is 2.60. The minimum atomic E-state index is -4.25. The number of carboxylic acid groups (broad SMARTS) is 1. The van der Waals surface area contributed by atoms with Gasteiger partial charge in [0.15, 0.2) is 0 Å². The van der Waals surface area contributed by atoms with E-state index in [9.17, 15) is 43.1 Å². The molecule has 3 aromatic rings. The Kier molecular flexibility index (Phi) is 8.67. The maximum atomic E-state index is 12.7. The van der Waals surface area contributed by atoms with Crippen LogP contribution < -0.4 is 9.44 Å². The number of thioether (sulfide) groups is 1. The molecule has 0 spiro atoms. The van der Waals surface area contributed by atoms with Gasteiger partial charge in [-0.25, -0.2) is 19.3 Å². The first-order valence-electron chi connectivity index (χ1n) is 13.0. The standard InChI is InChI=1S/C25H26N6O10S3/c1-12-17(20(24(34)35)30-19(12)18(13(2)32)22(30)33)16-9-29-11-26-21(23(29)43-16)42-8-7-27-44(39,40)28-25(36)41-10-14-3-5-15(6-4-14)31(37)38/h3-6,9,11-13,18-19,27,32H,7-8,10H2,1-2H3,(H,28,36)(H,34,35)/t12-,13+,18+,19+/m0/s1. The number of thiazole rings is 1. The predicted molar refractivity (Wildman–Crippen MR) is 157 cm³/mol. The average Bonchev–Trinajstić information content (AvgIpc) is 3.60. The largest absolute Gasteiger partial charge is 0.477 e. The molecule has 0 aliphatic carbocycles. The Hall–Kier alpha value is -4.04. The molecule has 2 amide bonds. The van der Waals surface area contributed by atoms with Gasteiger partial charge in [-0.05, 0) is 24.6 Å². The summed E-state index contributed by atoms with van der Waals surface area (Å²) in [5.74, 6) is -2.41. The van der Waals surface area contributed by atoms with E-state index in [4.69, 9.17) is 4.74 Å². The summed E-state index contributed by atoms with van der Waals surface area (Å²) >= 11 is 2.52. The van der Waals surface area contributed by atoms with Crippen LogP contribution in [0.3, 0.4) is 0 Å². The van der Waals surface area contributed by atoms with Crippen molar-refractivity contribution in [3.05, 3.63) is 63.0 Å². The molecule has 19 heteroatoms. The Morgan fingerprint density at radius 3 is 2.64 bits per heavy atom. The number of non-ortho nitro benzene ring substituents is 1. The summed E-state index contributed by atoms with van der Waals surface area (Å²) in [6.07, 6.45) is 1.14. The minimum absolute atomic E-state index is 0.0717. The number of hydrogen-bond acceptors (Lipinski definition) is 12. The molecule has 234 valence electrons. The number of ether oxygens (including phenoxy) is 1. The lowest BCUT2D eigenvalue weighted by Gasteiger charge is -2.46. The first kappa shape index (κ1) is 31.4. The smallest absolute Gasteiger partial charge is 0.422 e. The summed E-state index contributed by atoms with van der Waals surface area (Å²) in [5.41, 5.74) is 0.698. The van der Waals surface area contributed by atoms with Gasteiger partial charge in [0.1, 0.15) is 28.5 Å². The number of imidazole rings is 1. The second kappa shape index (κ2) is 12.2. The Balaban J connectivity index is 1.17. The van der Waals surface area contributed by atoms with Crippen LogP contribution in [-0.2, 0) is 31.1 Å². The number of amides is 2. The Bertz CT molecular complexity index is 1780. The van der Waals surface area contributed by atoms with E-state index >= 15 is 0 Å². The molecule has 2 aliphatic heterocycles. The van der Waals surface area contributed by atoms with Crippen molar-refractivity contribution in [3.8, 4) is 0 Å². The van der Waals surface area contributed by atoms with Gasteiger partial charge in [-0.3, -0.25) is 19.3 Å². The van der Waals surface area contributed by atoms with E-state index in [-0.39, 0.29) is 36.2 Å². The van der Waals surface area contributed by atoms with Crippen LogP contribution in [0.2, 0.25) is 0 Å². The SMILES string of the molecule is C[C@@H](O)[C@H]1C(=O)N2C(C(=O)O)=C(c3cn4cnc(SCCNS(=O)(=O)NC(=O)OCc5ccc([N+](=O)[O-])cc5)c4s3)[C@H](C)[C@H]12. The van der Waals surface area contributed by atoms with E-state index in [0.717, 1.165) is 0 Å². The van der Waals surface area contributed by atoms with Crippen LogP contribution in [0.25, 0.3) is 10.4 Å². The van der Waals surface area contributed by atoms with Crippen LogP contribution >= 0.6 is 23.1 Å². The van der Waals surface area contributed by atoms with Crippen LogP contribution in [0.5, 0.6) is 0 Å². The maximum Gasteiger partial charge on any atom is 0.422 e. The van der Waals surface area contributed by atoms with Crippen LogP contribution in [0.4, 0.5) is 10.5 Å². The lowest BCUT2D eigenvalue weighted by molar-refractivity contribution is -0.384. The van der Waals surface area contributed by atoms with Crippen molar-refractivity contribution in [1.82, 2.24) is 23.7 Å². The predicted octanol–water partition coefficient (Wildman–Crippen LogP) is 1.81. The topological polar surface area (TPSA) is 223 Å². The van der Waals surface area contributed by atoms with Crippen LogP contribution in [0.15, 0.2) is 47.5 Å². The van der Waals surface area contributed by atoms with Gasteiger partial charge in [-0.2, -0.15) is 13.1 Å². The molecular formula is C25H26N6O10S3. The minimum Gasteiger partial charge on any atom is -0.477 e. The third-order valence-corrected chi connectivity index (χ3v) is 10.5. The van der Waals surface area contributed by atoms with Crippen molar-refractivity contribution >= 4 is 67.4 Å². The molecule has 4 N–H and O–H groups in total. The number of benzene rings is 1. The van der Waals surface area contributed by atoms with E-state index in [1.54, 1.807) is 21.6 Å². The van der Waals surface area contributed by atoms with E-state index in [0.29, 0.717) is 25.9 Å². The number of carboxylic acids is 1. The summed E-state index contributed by atoms with van der Waals surface area (Å²) in [7, 11) is -4.25. The zero-order valence-corrected chi connectivity index (χ0v) is 25.5. The number of nitro benzene ring substituents is 1. The number of nitro groups is 1. The molecule has 4 heterocycles. The fourth-order valence-corrected chi connectivity index (χ4v) is 8.27. The number of aliphatic hydroxyl groups excluding tert-OH is 1. The van der Waals surface area contributed by atoms with Crippen molar-refractivity contribution in [2.75, 3.05) is 12.3 Å². The fourth-order valence-electron chi connectivity index (χ4n) is 5.26. The van der Waals surface area contributed by atoms with E-state index in [2.05, 4.69) is 9.71 Å². The molecule has 0 saturated carbocycles. The van der Waals surface area contributed by atoms with E-state index in [1.807, 2.05) is 6.92 Å². The van der Waals surface area contributed by atoms with Crippen molar-refractivity contribution in [3.63, 3.8) is 0 Å². The van der Waals surface area contributed by atoms with Gasteiger partial charge < -0.3 is 19.8 Å². The number of rotatable bonds is 12. The molecule has 1 fully saturated rings. The number of nitrogens with zero attached hydrogens (tertiary/aromatic N) is 4. The van der Waals surface area contributed by atoms with Gasteiger partial charge >= 0.3 is 22.3 Å². The third kappa shape index (κ3) is 6.00. The van der Waals surface area contributed by atoms with Crippen molar-refractivity contribution in [1.29, 1.82) is 0 Å². The summed E-state index contributed by atoms with van der Waals surface area (Å²) in [5, 5.41) is 31.3. The molecule has 16 nitrogen and oxygen atoms in total. The van der Waals surface area contributed by atoms with Gasteiger partial charge in [0.2, 0.25) is 5.91 Å². The molecule has 0 unspecified atom stereocenters. The van der Waals surface area contributed by atoms with E-state index < -0.39 is 51.2 Å². The van der Waals surface area contributed by atoms with Gasteiger partial charge in [-0.1, -0.05) is 6.92 Å².